The minimum absolute atomic E-state index is 0.0408. The van der Waals surface area contributed by atoms with Crippen LogP contribution in [0.3, 0.4) is 0 Å². The van der Waals surface area contributed by atoms with E-state index in [1.807, 2.05) is 48.3 Å². The second kappa shape index (κ2) is 7.41. The van der Waals surface area contributed by atoms with Gasteiger partial charge in [0.2, 0.25) is 5.91 Å². The number of hydrogen-bond donors (Lipinski definition) is 0. The van der Waals surface area contributed by atoms with Crippen molar-refractivity contribution in [3.8, 4) is 0 Å². The van der Waals surface area contributed by atoms with Crippen LogP contribution in [0, 0.1) is 13.8 Å². The molecule has 3 rings (SSSR count). The van der Waals surface area contributed by atoms with Crippen molar-refractivity contribution < 1.29 is 4.79 Å². The van der Waals surface area contributed by atoms with E-state index < -0.39 is 0 Å². The molecule has 0 saturated carbocycles. The van der Waals surface area contributed by atoms with Crippen molar-refractivity contribution in [3.05, 3.63) is 52.8 Å². The van der Waals surface area contributed by atoms with E-state index in [-0.39, 0.29) is 5.91 Å². The first-order valence-electron chi connectivity index (χ1n) is 7.88. The van der Waals surface area contributed by atoms with E-state index >= 15 is 0 Å². The summed E-state index contributed by atoms with van der Waals surface area (Å²) in [4.78, 5) is 22.8. The van der Waals surface area contributed by atoms with Gasteiger partial charge in [-0.25, -0.2) is 9.97 Å². The lowest BCUT2D eigenvalue weighted by Crippen LogP contribution is -2.22. The van der Waals surface area contributed by atoms with E-state index in [9.17, 15) is 4.79 Å². The Hall–Kier alpha value is -2.12. The maximum absolute atomic E-state index is 12.2. The van der Waals surface area contributed by atoms with Crippen LogP contribution in [-0.4, -0.2) is 20.4 Å². The van der Waals surface area contributed by atoms with Crippen LogP contribution in [0.1, 0.15) is 23.7 Å². The summed E-state index contributed by atoms with van der Waals surface area (Å²) in [6.45, 7) is 5.68. The van der Waals surface area contributed by atoms with Gasteiger partial charge in [0.1, 0.15) is 0 Å². The molecule has 2 aromatic heterocycles. The quantitative estimate of drug-likeness (QED) is 0.620. The van der Waals surface area contributed by atoms with E-state index in [4.69, 9.17) is 0 Å². The number of thiazole rings is 1. The summed E-state index contributed by atoms with van der Waals surface area (Å²) in [5, 5.41) is 3.65. The van der Waals surface area contributed by atoms with Crippen LogP contribution in [0.25, 0.3) is 0 Å². The third kappa shape index (κ3) is 3.93. The highest BCUT2D eigenvalue weighted by molar-refractivity contribution is 7.98. The minimum Gasteiger partial charge on any atom is -0.329 e. The molecule has 0 N–H and O–H groups in total. The normalized spacial score (nSPS) is 10.9. The van der Waals surface area contributed by atoms with Crippen LogP contribution < -0.4 is 4.90 Å². The van der Waals surface area contributed by atoms with Gasteiger partial charge in [0.25, 0.3) is 0 Å². The van der Waals surface area contributed by atoms with E-state index in [1.54, 1.807) is 29.8 Å². The number of carbonyl (C=O) groups excluding carboxylic acids is 1. The molecule has 0 atom stereocenters. The molecule has 0 bridgehead atoms. The van der Waals surface area contributed by atoms with Gasteiger partial charge in [0.05, 0.1) is 11.4 Å². The summed E-state index contributed by atoms with van der Waals surface area (Å²) in [5.41, 5.74) is 4.17. The molecule has 7 heteroatoms. The zero-order valence-electron chi connectivity index (χ0n) is 14.7. The molecule has 3 aromatic rings. The van der Waals surface area contributed by atoms with Crippen LogP contribution >= 0.6 is 23.1 Å². The van der Waals surface area contributed by atoms with Crippen LogP contribution in [0.15, 0.2) is 41.1 Å². The van der Waals surface area contributed by atoms with Crippen LogP contribution in [0.4, 0.5) is 10.8 Å². The smallest absolute Gasteiger partial charge is 0.230 e. The topological polar surface area (TPSA) is 51.0 Å². The standard InChI is InChI=1S/C18H20N4OS2/c1-12-5-6-16(9-13(12)2)22(14(3)23)18-20-15(11-25-18)10-24-17-19-7-8-21(17)4/h5-9,11H,10H2,1-4H3. The van der Waals surface area contributed by atoms with Gasteiger partial charge in [-0.15, -0.1) is 11.3 Å². The highest BCUT2D eigenvalue weighted by Crippen LogP contribution is 2.31. The molecule has 1 aromatic carbocycles. The molecule has 0 unspecified atom stereocenters. The molecule has 1 amide bonds. The summed E-state index contributed by atoms with van der Waals surface area (Å²) in [6, 6.07) is 6.03. The maximum Gasteiger partial charge on any atom is 0.230 e. The molecule has 0 saturated heterocycles. The first kappa shape index (κ1) is 17.7. The van der Waals surface area contributed by atoms with E-state index in [2.05, 4.69) is 16.9 Å². The molecule has 0 radical (unpaired) electrons. The summed E-state index contributed by atoms with van der Waals surface area (Å²) in [6.07, 6.45) is 3.71. The Labute approximate surface area is 155 Å². The molecule has 5 nitrogen and oxygen atoms in total. The zero-order chi connectivity index (χ0) is 18.0. The summed E-state index contributed by atoms with van der Waals surface area (Å²) in [5.74, 6) is 0.681. The Morgan fingerprint density at radius 1 is 1.32 bits per heavy atom. The Bertz CT molecular complexity index is 900. The van der Waals surface area contributed by atoms with Crippen molar-refractivity contribution in [2.75, 3.05) is 4.90 Å². The first-order valence-corrected chi connectivity index (χ1v) is 9.74. The van der Waals surface area contributed by atoms with Gasteiger partial charge in [-0.05, 0) is 37.1 Å². The average Bonchev–Trinajstić information content (AvgIpc) is 3.18. The van der Waals surface area contributed by atoms with Crippen molar-refractivity contribution in [2.24, 2.45) is 7.05 Å². The Balaban J connectivity index is 1.81. The van der Waals surface area contributed by atoms with Crippen LogP contribution in [-0.2, 0) is 17.6 Å². The Morgan fingerprint density at radius 3 is 2.76 bits per heavy atom. The summed E-state index contributed by atoms with van der Waals surface area (Å²) in [7, 11) is 1.97. The number of rotatable bonds is 5. The van der Waals surface area contributed by atoms with Crippen LogP contribution in [0.5, 0.6) is 0 Å². The third-order valence-electron chi connectivity index (χ3n) is 3.92. The number of imidazole rings is 1. The molecule has 130 valence electrons. The van der Waals surface area contributed by atoms with Gasteiger partial charge in [-0.1, -0.05) is 17.8 Å². The predicted molar refractivity (Wildman–Crippen MR) is 104 cm³/mol. The van der Waals surface area contributed by atoms with Gasteiger partial charge < -0.3 is 4.57 Å². The lowest BCUT2D eigenvalue weighted by molar-refractivity contribution is -0.115. The molecule has 0 aliphatic rings. The van der Waals surface area contributed by atoms with E-state index in [0.717, 1.165) is 27.9 Å². The highest BCUT2D eigenvalue weighted by Gasteiger charge is 2.18. The van der Waals surface area contributed by atoms with Crippen molar-refractivity contribution in [2.45, 2.75) is 31.7 Å². The highest BCUT2D eigenvalue weighted by atomic mass is 32.2. The van der Waals surface area contributed by atoms with E-state index in [0.29, 0.717) is 5.13 Å². The minimum atomic E-state index is -0.0408. The summed E-state index contributed by atoms with van der Waals surface area (Å²) < 4.78 is 1.98. The number of carbonyl (C=O) groups is 1. The van der Waals surface area contributed by atoms with Crippen molar-refractivity contribution >= 4 is 39.8 Å². The molecule has 0 aliphatic carbocycles. The molecule has 0 fully saturated rings. The summed E-state index contributed by atoms with van der Waals surface area (Å²) >= 11 is 3.12. The number of thioether (sulfide) groups is 1. The van der Waals surface area contributed by atoms with Crippen molar-refractivity contribution in [1.82, 2.24) is 14.5 Å². The number of aromatic nitrogens is 3. The monoisotopic (exact) mass is 372 g/mol. The van der Waals surface area contributed by atoms with Gasteiger partial charge in [0, 0.05) is 37.5 Å². The Kier molecular flexibility index (Phi) is 5.24. The largest absolute Gasteiger partial charge is 0.329 e. The third-order valence-corrected chi connectivity index (χ3v) is 5.89. The Morgan fingerprint density at radius 2 is 2.12 bits per heavy atom. The van der Waals surface area contributed by atoms with Gasteiger partial charge in [-0.2, -0.15) is 0 Å². The van der Waals surface area contributed by atoms with Gasteiger partial charge in [-0.3, -0.25) is 9.69 Å². The number of amides is 1. The fourth-order valence-electron chi connectivity index (χ4n) is 2.39. The van der Waals surface area contributed by atoms with Crippen molar-refractivity contribution in [3.63, 3.8) is 0 Å². The van der Waals surface area contributed by atoms with Gasteiger partial charge >= 0.3 is 0 Å². The second-order valence-electron chi connectivity index (χ2n) is 5.85. The molecule has 2 heterocycles. The number of aryl methyl sites for hydroxylation is 3. The first-order chi connectivity index (χ1) is 12.0. The SMILES string of the molecule is CC(=O)N(c1ccc(C)c(C)c1)c1nc(CSc2nccn2C)cs1. The maximum atomic E-state index is 12.2. The molecule has 0 aliphatic heterocycles. The van der Waals surface area contributed by atoms with Crippen molar-refractivity contribution in [1.29, 1.82) is 0 Å². The average molecular weight is 373 g/mol. The van der Waals surface area contributed by atoms with E-state index in [1.165, 1.54) is 16.9 Å². The predicted octanol–water partition coefficient (Wildman–Crippen LogP) is 4.47. The molecule has 0 spiro atoms. The second-order valence-corrected chi connectivity index (χ2v) is 7.63. The fourth-order valence-corrected chi connectivity index (χ4v) is 4.20. The number of anilines is 2. The lowest BCUT2D eigenvalue weighted by atomic mass is 10.1. The number of hydrogen-bond acceptors (Lipinski definition) is 5. The lowest BCUT2D eigenvalue weighted by Gasteiger charge is -2.19. The fraction of sp³-hybridized carbons (Fsp3) is 0.278. The molecular weight excluding hydrogens is 352 g/mol. The van der Waals surface area contributed by atoms with Crippen LogP contribution in [0.2, 0.25) is 0 Å². The molecular formula is C18H20N4OS2. The molecule has 25 heavy (non-hydrogen) atoms. The number of nitrogens with zero attached hydrogens (tertiary/aromatic N) is 4. The number of benzene rings is 1. The van der Waals surface area contributed by atoms with Gasteiger partial charge in [0.15, 0.2) is 10.3 Å². The zero-order valence-corrected chi connectivity index (χ0v) is 16.3.